The van der Waals surface area contributed by atoms with E-state index in [1.165, 1.54) is 0 Å². The third-order valence-corrected chi connectivity index (χ3v) is 3.95. The molecule has 1 aliphatic rings. The second-order valence-corrected chi connectivity index (χ2v) is 5.95. The number of nitrogens with zero attached hydrogens (tertiary/aromatic N) is 1. The van der Waals surface area contributed by atoms with Crippen LogP contribution in [0.4, 0.5) is 10.1 Å². The number of rotatable bonds is 5. The first-order valence-corrected chi connectivity index (χ1v) is 7.48. The summed E-state index contributed by atoms with van der Waals surface area (Å²) in [6.07, 6.45) is 2.45. The van der Waals surface area contributed by atoms with Crippen LogP contribution in [0, 0.1) is 5.82 Å². The van der Waals surface area contributed by atoms with Crippen LogP contribution in [0.25, 0.3) is 0 Å². The van der Waals surface area contributed by atoms with E-state index >= 15 is 0 Å². The van der Waals surface area contributed by atoms with Gasteiger partial charge in [-0.25, -0.2) is 4.39 Å². The Hall–Kier alpha value is -1.13. The Labute approximate surface area is 120 Å². The Morgan fingerprint density at radius 3 is 2.65 bits per heavy atom. The molecular weight excluding hydrogens is 255 g/mol. The van der Waals surface area contributed by atoms with E-state index in [0.29, 0.717) is 38.2 Å². The third kappa shape index (κ3) is 3.93. The zero-order valence-corrected chi connectivity index (χ0v) is 12.5. The zero-order chi connectivity index (χ0) is 14.6. The van der Waals surface area contributed by atoms with E-state index in [9.17, 15) is 9.50 Å². The van der Waals surface area contributed by atoms with Crippen molar-refractivity contribution >= 4 is 5.69 Å². The Balaban J connectivity index is 1.99. The molecule has 20 heavy (non-hydrogen) atoms. The monoisotopic (exact) mass is 280 g/mol. The molecule has 1 heterocycles. The molecule has 1 fully saturated rings. The molecule has 0 radical (unpaired) electrons. The molecule has 0 bridgehead atoms. The van der Waals surface area contributed by atoms with Crippen LogP contribution in [0.1, 0.15) is 38.7 Å². The molecule has 1 aromatic carbocycles. The predicted molar refractivity (Wildman–Crippen MR) is 80.5 cm³/mol. The minimum atomic E-state index is -0.600. The molecule has 0 amide bonds. The fourth-order valence-electron chi connectivity index (χ4n) is 2.56. The van der Waals surface area contributed by atoms with Crippen molar-refractivity contribution in [2.45, 2.75) is 45.3 Å². The molecule has 0 aromatic heterocycles. The maximum atomic E-state index is 14.2. The first-order chi connectivity index (χ1) is 9.52. The molecule has 0 saturated carbocycles. The second kappa shape index (κ2) is 6.55. The first kappa shape index (κ1) is 15.3. The highest BCUT2D eigenvalue weighted by atomic mass is 19.1. The number of hydrogen-bond donors (Lipinski definition) is 2. The van der Waals surface area contributed by atoms with Crippen LogP contribution in [0.3, 0.4) is 0 Å². The van der Waals surface area contributed by atoms with E-state index in [1.807, 2.05) is 24.0 Å². The van der Waals surface area contributed by atoms with E-state index < -0.39 is 5.60 Å². The molecule has 0 atom stereocenters. The number of hydrogen-bond acceptors (Lipinski definition) is 3. The summed E-state index contributed by atoms with van der Waals surface area (Å²) < 4.78 is 14.2. The summed E-state index contributed by atoms with van der Waals surface area (Å²) in [7, 11) is 0. The van der Waals surface area contributed by atoms with Crippen LogP contribution in [0.15, 0.2) is 18.2 Å². The van der Waals surface area contributed by atoms with Crippen LogP contribution < -0.4 is 10.2 Å². The van der Waals surface area contributed by atoms with Gasteiger partial charge >= 0.3 is 0 Å². The van der Waals surface area contributed by atoms with E-state index in [4.69, 9.17) is 0 Å². The van der Waals surface area contributed by atoms with Crippen molar-refractivity contribution in [1.29, 1.82) is 0 Å². The van der Waals surface area contributed by atoms with Gasteiger partial charge in [0.05, 0.1) is 11.3 Å². The average Bonchev–Trinajstić information content (AvgIpc) is 2.40. The largest absolute Gasteiger partial charge is 0.390 e. The molecule has 2 rings (SSSR count). The lowest BCUT2D eigenvalue weighted by Gasteiger charge is -2.37. The fourth-order valence-corrected chi connectivity index (χ4v) is 2.56. The van der Waals surface area contributed by atoms with Gasteiger partial charge in [0, 0.05) is 19.6 Å². The minimum Gasteiger partial charge on any atom is -0.390 e. The lowest BCUT2D eigenvalue weighted by Crippen LogP contribution is -2.42. The SMILES string of the molecule is CCCNCc1ccc(N2CCC(C)(O)CC2)c(F)c1. The molecule has 4 heteroatoms. The molecular formula is C16H25FN2O. The van der Waals surface area contributed by atoms with Crippen LogP contribution in [-0.2, 0) is 6.54 Å². The van der Waals surface area contributed by atoms with Crippen molar-refractivity contribution in [2.75, 3.05) is 24.5 Å². The molecule has 112 valence electrons. The minimum absolute atomic E-state index is 0.164. The van der Waals surface area contributed by atoms with E-state index in [2.05, 4.69) is 12.2 Å². The quantitative estimate of drug-likeness (QED) is 0.814. The molecule has 3 nitrogen and oxygen atoms in total. The Kier molecular flexibility index (Phi) is 5.00. The summed E-state index contributed by atoms with van der Waals surface area (Å²) in [6, 6.07) is 5.46. The van der Waals surface area contributed by atoms with Crippen molar-refractivity contribution < 1.29 is 9.50 Å². The first-order valence-electron chi connectivity index (χ1n) is 7.48. The average molecular weight is 280 g/mol. The standard InChI is InChI=1S/C16H25FN2O/c1-3-8-18-12-13-4-5-15(14(17)11-13)19-9-6-16(2,20)7-10-19/h4-5,11,18,20H,3,6-10,12H2,1-2H3. The molecule has 2 N–H and O–H groups in total. The summed E-state index contributed by atoms with van der Waals surface area (Å²) in [6.45, 7) is 7.03. The lowest BCUT2D eigenvalue weighted by atomic mass is 9.93. The summed E-state index contributed by atoms with van der Waals surface area (Å²) in [5.74, 6) is -0.164. The second-order valence-electron chi connectivity index (χ2n) is 5.95. The molecule has 0 aliphatic carbocycles. The van der Waals surface area contributed by atoms with Gasteiger partial charge in [-0.2, -0.15) is 0 Å². The number of nitrogens with one attached hydrogen (secondary N) is 1. The van der Waals surface area contributed by atoms with Crippen molar-refractivity contribution in [3.8, 4) is 0 Å². The Morgan fingerprint density at radius 2 is 2.05 bits per heavy atom. The van der Waals surface area contributed by atoms with Gasteiger partial charge in [-0.3, -0.25) is 0 Å². The van der Waals surface area contributed by atoms with Gasteiger partial charge in [0.25, 0.3) is 0 Å². The summed E-state index contributed by atoms with van der Waals surface area (Å²) >= 11 is 0. The number of piperidine rings is 1. The highest BCUT2D eigenvalue weighted by Crippen LogP contribution is 2.28. The van der Waals surface area contributed by atoms with Gasteiger partial charge in [0.2, 0.25) is 0 Å². The predicted octanol–water partition coefficient (Wildman–Crippen LogP) is 2.68. The molecule has 0 unspecified atom stereocenters. The summed E-state index contributed by atoms with van der Waals surface area (Å²) in [5.41, 5.74) is 1.03. The zero-order valence-electron chi connectivity index (χ0n) is 12.5. The molecule has 1 aliphatic heterocycles. The normalized spacial score (nSPS) is 18.3. The topological polar surface area (TPSA) is 35.5 Å². The van der Waals surface area contributed by atoms with Crippen LogP contribution in [-0.4, -0.2) is 30.3 Å². The van der Waals surface area contributed by atoms with Gasteiger partial charge in [0.15, 0.2) is 0 Å². The molecule has 0 spiro atoms. The Bertz CT molecular complexity index is 438. The van der Waals surface area contributed by atoms with E-state index in [0.717, 1.165) is 18.5 Å². The Morgan fingerprint density at radius 1 is 1.35 bits per heavy atom. The van der Waals surface area contributed by atoms with Crippen molar-refractivity contribution in [2.24, 2.45) is 0 Å². The van der Waals surface area contributed by atoms with E-state index in [-0.39, 0.29) is 5.82 Å². The van der Waals surface area contributed by atoms with Gasteiger partial charge in [-0.1, -0.05) is 13.0 Å². The number of benzene rings is 1. The van der Waals surface area contributed by atoms with Crippen molar-refractivity contribution in [3.63, 3.8) is 0 Å². The van der Waals surface area contributed by atoms with Crippen molar-refractivity contribution in [3.05, 3.63) is 29.6 Å². The smallest absolute Gasteiger partial charge is 0.146 e. The van der Waals surface area contributed by atoms with E-state index in [1.54, 1.807) is 6.07 Å². The van der Waals surface area contributed by atoms with Gasteiger partial charge < -0.3 is 15.3 Å². The van der Waals surface area contributed by atoms with Crippen LogP contribution >= 0.6 is 0 Å². The molecule has 1 saturated heterocycles. The maximum Gasteiger partial charge on any atom is 0.146 e. The number of aliphatic hydroxyl groups is 1. The third-order valence-electron chi connectivity index (χ3n) is 3.95. The van der Waals surface area contributed by atoms with Crippen LogP contribution in [0.5, 0.6) is 0 Å². The fraction of sp³-hybridized carbons (Fsp3) is 0.625. The highest BCUT2D eigenvalue weighted by Gasteiger charge is 2.28. The molecule has 1 aromatic rings. The summed E-state index contributed by atoms with van der Waals surface area (Å²) in [4.78, 5) is 2.02. The number of halogens is 1. The number of anilines is 1. The van der Waals surface area contributed by atoms with Gasteiger partial charge in [0.1, 0.15) is 5.82 Å². The van der Waals surface area contributed by atoms with Gasteiger partial charge in [-0.15, -0.1) is 0 Å². The summed E-state index contributed by atoms with van der Waals surface area (Å²) in [5, 5.41) is 13.2. The highest BCUT2D eigenvalue weighted by molar-refractivity contribution is 5.49. The van der Waals surface area contributed by atoms with Gasteiger partial charge in [-0.05, 0) is 50.4 Å². The van der Waals surface area contributed by atoms with Crippen molar-refractivity contribution in [1.82, 2.24) is 5.32 Å². The van der Waals surface area contributed by atoms with Crippen LogP contribution in [0.2, 0.25) is 0 Å². The lowest BCUT2D eigenvalue weighted by molar-refractivity contribution is 0.0350. The maximum absolute atomic E-state index is 14.2.